The third-order valence-corrected chi connectivity index (χ3v) is 3.84. The summed E-state index contributed by atoms with van der Waals surface area (Å²) in [5.74, 6) is 0.234. The fourth-order valence-corrected chi connectivity index (χ4v) is 2.75. The summed E-state index contributed by atoms with van der Waals surface area (Å²) in [6.45, 7) is 8.11. The third-order valence-electron chi connectivity index (χ3n) is 2.76. The maximum atomic E-state index is 12.5. The monoisotopic (exact) mass is 276 g/mol. The highest BCUT2D eigenvalue weighted by Crippen LogP contribution is 2.33. The zero-order valence-corrected chi connectivity index (χ0v) is 13.2. The highest BCUT2D eigenvalue weighted by atomic mass is 32.2. The van der Waals surface area contributed by atoms with Gasteiger partial charge in [-0.3, -0.25) is 4.79 Å². The summed E-state index contributed by atoms with van der Waals surface area (Å²) in [7, 11) is 0. The average Bonchev–Trinajstić information content (AvgIpc) is 2.37. The van der Waals surface area contributed by atoms with E-state index in [2.05, 4.69) is 13.0 Å². The number of thioether (sulfide) groups is 1. The number of carbonyl (C=O) groups is 1. The van der Waals surface area contributed by atoms with Crippen LogP contribution in [0.5, 0.6) is 0 Å². The summed E-state index contributed by atoms with van der Waals surface area (Å²) in [6, 6.07) is 10.1. The van der Waals surface area contributed by atoms with Gasteiger partial charge in [-0.25, -0.2) is 0 Å². The Kier molecular flexibility index (Phi) is 6.36. The zero-order valence-electron chi connectivity index (χ0n) is 12.4. The lowest BCUT2D eigenvalue weighted by atomic mass is 9.90. The number of carbonyl (C=O) groups excluding carboxylic acids is 1. The van der Waals surface area contributed by atoms with Crippen LogP contribution in [0.25, 0.3) is 0 Å². The smallest absolute Gasteiger partial charge is 0.174 e. The fraction of sp³-hybridized carbons (Fsp3) is 0.471. The normalized spacial score (nSPS) is 12.5. The molecule has 0 aliphatic heterocycles. The number of allylic oxidation sites excluding steroid dienone is 2. The third kappa shape index (κ3) is 5.65. The van der Waals surface area contributed by atoms with Crippen LogP contribution in [0.3, 0.4) is 0 Å². The Bertz CT molecular complexity index is 426. The van der Waals surface area contributed by atoms with Gasteiger partial charge in [0.15, 0.2) is 5.78 Å². The molecule has 0 saturated carbocycles. The van der Waals surface area contributed by atoms with Crippen molar-refractivity contribution in [3.8, 4) is 0 Å². The largest absolute Gasteiger partial charge is 0.293 e. The molecule has 0 saturated heterocycles. The summed E-state index contributed by atoms with van der Waals surface area (Å²) in [6.07, 6.45) is 5.38. The minimum Gasteiger partial charge on any atom is -0.293 e. The van der Waals surface area contributed by atoms with Crippen LogP contribution in [-0.2, 0) is 4.79 Å². The first-order valence-electron chi connectivity index (χ1n) is 6.93. The van der Waals surface area contributed by atoms with E-state index in [0.29, 0.717) is 0 Å². The number of unbranched alkanes of at least 4 members (excludes halogenated alkanes) is 2. The Balaban J connectivity index is 2.87. The zero-order chi connectivity index (χ0) is 14.3. The predicted octanol–water partition coefficient (Wildman–Crippen LogP) is 5.47. The van der Waals surface area contributed by atoms with E-state index in [-0.39, 0.29) is 11.2 Å². The Hall–Kier alpha value is -1.02. The van der Waals surface area contributed by atoms with Gasteiger partial charge < -0.3 is 0 Å². The van der Waals surface area contributed by atoms with Crippen LogP contribution in [0.15, 0.2) is 46.2 Å². The molecule has 0 aliphatic rings. The highest BCUT2D eigenvalue weighted by molar-refractivity contribution is 8.04. The van der Waals surface area contributed by atoms with Gasteiger partial charge in [-0.05, 0) is 18.6 Å². The van der Waals surface area contributed by atoms with Crippen molar-refractivity contribution in [1.82, 2.24) is 0 Å². The molecule has 0 amide bonds. The molecule has 1 nitrogen and oxygen atoms in total. The quantitative estimate of drug-likeness (QED) is 0.389. The summed E-state index contributed by atoms with van der Waals surface area (Å²) in [5.41, 5.74) is -0.320. The Labute approximate surface area is 121 Å². The van der Waals surface area contributed by atoms with Gasteiger partial charge in [0.1, 0.15) is 0 Å². The maximum absolute atomic E-state index is 12.5. The van der Waals surface area contributed by atoms with Gasteiger partial charge in [-0.1, -0.05) is 76.6 Å². The SMILES string of the molecule is CCCC/C=C(/Sc1ccccc1)C(=O)C(C)(C)C. The summed E-state index contributed by atoms with van der Waals surface area (Å²) >= 11 is 1.59. The molecule has 0 heterocycles. The van der Waals surface area contributed by atoms with E-state index in [4.69, 9.17) is 0 Å². The Morgan fingerprint density at radius 1 is 1.21 bits per heavy atom. The molecule has 104 valence electrons. The Morgan fingerprint density at radius 2 is 1.84 bits per heavy atom. The molecule has 2 heteroatoms. The molecule has 19 heavy (non-hydrogen) atoms. The molecule has 0 radical (unpaired) electrons. The van der Waals surface area contributed by atoms with Gasteiger partial charge in [0.05, 0.1) is 4.91 Å². The first-order chi connectivity index (χ1) is 8.95. The summed E-state index contributed by atoms with van der Waals surface area (Å²) < 4.78 is 0. The lowest BCUT2D eigenvalue weighted by molar-refractivity contribution is -0.121. The minimum absolute atomic E-state index is 0.234. The topological polar surface area (TPSA) is 17.1 Å². The number of hydrogen-bond acceptors (Lipinski definition) is 2. The van der Waals surface area contributed by atoms with Crippen molar-refractivity contribution in [2.45, 2.75) is 51.9 Å². The molecule has 0 aromatic heterocycles. The molecule has 0 unspecified atom stereocenters. The Morgan fingerprint density at radius 3 is 2.37 bits per heavy atom. The second-order valence-corrected chi connectivity index (χ2v) is 6.82. The van der Waals surface area contributed by atoms with E-state index in [0.717, 1.165) is 29.1 Å². The lowest BCUT2D eigenvalue weighted by Gasteiger charge is -2.18. The molecular formula is C17H24OS. The molecule has 1 rings (SSSR count). The summed E-state index contributed by atoms with van der Waals surface area (Å²) in [5, 5.41) is 0. The van der Waals surface area contributed by atoms with Crippen LogP contribution in [-0.4, -0.2) is 5.78 Å². The van der Waals surface area contributed by atoms with Gasteiger partial charge in [-0.2, -0.15) is 0 Å². The van der Waals surface area contributed by atoms with Crippen molar-refractivity contribution < 1.29 is 4.79 Å². The van der Waals surface area contributed by atoms with Crippen molar-refractivity contribution in [1.29, 1.82) is 0 Å². The molecule has 0 spiro atoms. The van der Waals surface area contributed by atoms with Gasteiger partial charge >= 0.3 is 0 Å². The number of benzene rings is 1. The molecule has 0 aliphatic carbocycles. The molecule has 0 bridgehead atoms. The van der Waals surface area contributed by atoms with Crippen molar-refractivity contribution in [3.05, 3.63) is 41.3 Å². The number of rotatable bonds is 6. The molecule has 1 aromatic rings. The highest BCUT2D eigenvalue weighted by Gasteiger charge is 2.25. The standard InChI is InChI=1S/C17H24OS/c1-5-6-8-13-15(16(18)17(2,3)4)19-14-11-9-7-10-12-14/h7,9-13H,5-6,8H2,1-4H3/b15-13+. The maximum Gasteiger partial charge on any atom is 0.174 e. The van der Waals surface area contributed by atoms with E-state index in [1.165, 1.54) is 0 Å². The second-order valence-electron chi connectivity index (χ2n) is 5.70. The van der Waals surface area contributed by atoms with Crippen LogP contribution in [0, 0.1) is 5.41 Å². The second kappa shape index (κ2) is 7.54. The first kappa shape index (κ1) is 16.0. The van der Waals surface area contributed by atoms with E-state index < -0.39 is 0 Å². The van der Waals surface area contributed by atoms with Crippen LogP contribution < -0.4 is 0 Å². The van der Waals surface area contributed by atoms with Crippen LogP contribution in [0.2, 0.25) is 0 Å². The van der Waals surface area contributed by atoms with E-state index >= 15 is 0 Å². The number of hydrogen-bond donors (Lipinski definition) is 0. The van der Waals surface area contributed by atoms with Crippen molar-refractivity contribution in [2.75, 3.05) is 0 Å². The van der Waals surface area contributed by atoms with Crippen molar-refractivity contribution in [3.63, 3.8) is 0 Å². The molecule has 0 N–H and O–H groups in total. The molecule has 1 aromatic carbocycles. The van der Waals surface area contributed by atoms with Crippen LogP contribution >= 0.6 is 11.8 Å². The first-order valence-corrected chi connectivity index (χ1v) is 7.74. The summed E-state index contributed by atoms with van der Waals surface area (Å²) in [4.78, 5) is 14.5. The van der Waals surface area contributed by atoms with Gasteiger partial charge in [0, 0.05) is 10.3 Å². The fourth-order valence-electron chi connectivity index (χ4n) is 1.60. The number of Topliss-reactive ketones (excluding diaryl/α,β-unsaturated/α-hetero) is 1. The predicted molar refractivity (Wildman–Crippen MR) is 84.4 cm³/mol. The minimum atomic E-state index is -0.320. The van der Waals surface area contributed by atoms with Gasteiger partial charge in [0.2, 0.25) is 0 Å². The van der Waals surface area contributed by atoms with Gasteiger partial charge in [0.25, 0.3) is 0 Å². The van der Waals surface area contributed by atoms with E-state index in [9.17, 15) is 4.79 Å². The molecule has 0 fully saturated rings. The average molecular weight is 276 g/mol. The molecular weight excluding hydrogens is 252 g/mol. The number of ketones is 1. The van der Waals surface area contributed by atoms with E-state index in [1.807, 2.05) is 51.1 Å². The van der Waals surface area contributed by atoms with Crippen molar-refractivity contribution >= 4 is 17.5 Å². The van der Waals surface area contributed by atoms with Crippen LogP contribution in [0.1, 0.15) is 47.0 Å². The lowest BCUT2D eigenvalue weighted by Crippen LogP contribution is -2.20. The van der Waals surface area contributed by atoms with Crippen molar-refractivity contribution in [2.24, 2.45) is 5.41 Å². The molecule has 0 atom stereocenters. The van der Waals surface area contributed by atoms with Crippen LogP contribution in [0.4, 0.5) is 0 Å². The van der Waals surface area contributed by atoms with E-state index in [1.54, 1.807) is 11.8 Å². The van der Waals surface area contributed by atoms with Gasteiger partial charge in [-0.15, -0.1) is 0 Å².